The molecule has 1 heterocycles. The number of nitrogens with zero attached hydrogens (tertiary/aromatic N) is 1. The first-order chi connectivity index (χ1) is 9.09. The molecule has 3 nitrogen and oxygen atoms in total. The second-order valence-corrected chi connectivity index (χ2v) is 4.77. The van der Waals surface area contributed by atoms with Crippen molar-refractivity contribution < 1.29 is 4.79 Å². The summed E-state index contributed by atoms with van der Waals surface area (Å²) in [5.41, 5.74) is 2.96. The Labute approximate surface area is 117 Å². The lowest BCUT2D eigenvalue weighted by Gasteiger charge is -2.17. The molecule has 1 aromatic carbocycles. The molecule has 0 spiro atoms. The summed E-state index contributed by atoms with van der Waals surface area (Å²) in [4.78, 5) is 15.2. The highest BCUT2D eigenvalue weighted by atomic mass is 35.5. The molecule has 0 aliphatic heterocycles. The maximum atomic E-state index is 11.2. The highest BCUT2D eigenvalue weighted by molar-refractivity contribution is 6.33. The Balaban J connectivity index is 2.47. The molecule has 19 heavy (non-hydrogen) atoms. The molecule has 1 atom stereocenters. The smallest absolute Gasteiger partial charge is 0.217 e. The van der Waals surface area contributed by atoms with Crippen LogP contribution in [-0.4, -0.2) is 10.9 Å². The average molecular weight is 275 g/mol. The first-order valence-corrected chi connectivity index (χ1v) is 6.43. The summed E-state index contributed by atoms with van der Waals surface area (Å²) >= 11 is 6.19. The van der Waals surface area contributed by atoms with Gasteiger partial charge in [-0.25, -0.2) is 0 Å². The van der Waals surface area contributed by atoms with Crippen LogP contribution in [0.3, 0.4) is 0 Å². The van der Waals surface area contributed by atoms with E-state index in [-0.39, 0.29) is 11.9 Å². The van der Waals surface area contributed by atoms with Crippen molar-refractivity contribution in [3.05, 3.63) is 53.3 Å². The Hall–Kier alpha value is -1.87. The number of hydrogen-bond acceptors (Lipinski definition) is 2. The van der Waals surface area contributed by atoms with Crippen molar-refractivity contribution in [2.24, 2.45) is 0 Å². The molecule has 0 saturated carbocycles. The number of carbonyl (C=O) groups is 1. The van der Waals surface area contributed by atoms with Gasteiger partial charge in [0, 0.05) is 24.9 Å². The van der Waals surface area contributed by atoms with Crippen LogP contribution >= 0.6 is 11.6 Å². The van der Waals surface area contributed by atoms with Gasteiger partial charge in [-0.3, -0.25) is 9.78 Å². The topological polar surface area (TPSA) is 42.0 Å². The molecule has 1 aromatic heterocycles. The van der Waals surface area contributed by atoms with Crippen molar-refractivity contribution in [2.75, 3.05) is 0 Å². The van der Waals surface area contributed by atoms with Gasteiger partial charge in [0.1, 0.15) is 0 Å². The number of hydrogen-bond donors (Lipinski definition) is 1. The molecule has 0 aliphatic carbocycles. The van der Waals surface area contributed by atoms with E-state index in [1.807, 2.05) is 37.3 Å². The number of amides is 1. The van der Waals surface area contributed by atoms with Crippen LogP contribution in [0.15, 0.2) is 42.7 Å². The molecule has 4 heteroatoms. The highest BCUT2D eigenvalue weighted by Gasteiger charge is 2.14. The van der Waals surface area contributed by atoms with Gasteiger partial charge in [0.15, 0.2) is 0 Å². The molecule has 0 unspecified atom stereocenters. The normalized spacial score (nSPS) is 11.9. The minimum absolute atomic E-state index is 0.0527. The van der Waals surface area contributed by atoms with Gasteiger partial charge in [-0.1, -0.05) is 35.9 Å². The summed E-state index contributed by atoms with van der Waals surface area (Å²) in [5.74, 6) is -0.0527. The number of carbonyl (C=O) groups excluding carboxylic acids is 1. The lowest BCUT2D eigenvalue weighted by atomic mass is 9.96. The van der Waals surface area contributed by atoms with Crippen LogP contribution in [0.2, 0.25) is 5.02 Å². The van der Waals surface area contributed by atoms with Gasteiger partial charge < -0.3 is 5.32 Å². The third-order valence-electron chi connectivity index (χ3n) is 2.91. The second kappa shape index (κ2) is 5.85. The van der Waals surface area contributed by atoms with E-state index < -0.39 is 0 Å². The first-order valence-electron chi connectivity index (χ1n) is 6.05. The summed E-state index contributed by atoms with van der Waals surface area (Å²) in [6.07, 6.45) is 3.33. The van der Waals surface area contributed by atoms with E-state index >= 15 is 0 Å². The van der Waals surface area contributed by atoms with Crippen molar-refractivity contribution in [1.29, 1.82) is 0 Å². The molecule has 2 rings (SSSR count). The molecule has 0 fully saturated rings. The van der Waals surface area contributed by atoms with Crippen LogP contribution in [-0.2, 0) is 4.79 Å². The van der Waals surface area contributed by atoms with E-state index in [9.17, 15) is 4.79 Å². The molecular formula is C15H15ClN2O. The lowest BCUT2D eigenvalue weighted by molar-refractivity contribution is -0.119. The third kappa shape index (κ3) is 3.12. The fourth-order valence-electron chi connectivity index (χ4n) is 2.10. The average Bonchev–Trinajstić information content (AvgIpc) is 2.38. The van der Waals surface area contributed by atoms with Crippen LogP contribution in [0.4, 0.5) is 0 Å². The van der Waals surface area contributed by atoms with Crippen molar-refractivity contribution in [3.63, 3.8) is 0 Å². The Morgan fingerprint density at radius 1 is 1.26 bits per heavy atom. The number of halogens is 1. The summed E-state index contributed by atoms with van der Waals surface area (Å²) < 4.78 is 0. The Morgan fingerprint density at radius 2 is 2.00 bits per heavy atom. The van der Waals surface area contributed by atoms with E-state index in [2.05, 4.69) is 10.3 Å². The van der Waals surface area contributed by atoms with Crippen LogP contribution in [0.25, 0.3) is 11.1 Å². The standard InChI is InChI=1S/C15H15ClN2O/c1-10(18-11(2)19)12-5-3-4-6-13(12)14-7-8-17-9-15(14)16/h3-10H,1-2H3,(H,18,19)/t10-/m0/s1. The SMILES string of the molecule is CC(=O)N[C@@H](C)c1ccccc1-c1ccncc1Cl. The van der Waals surface area contributed by atoms with Crippen molar-refractivity contribution >= 4 is 17.5 Å². The number of nitrogens with one attached hydrogen (secondary N) is 1. The van der Waals surface area contributed by atoms with Gasteiger partial charge >= 0.3 is 0 Å². The van der Waals surface area contributed by atoms with Gasteiger partial charge in [-0.2, -0.15) is 0 Å². The van der Waals surface area contributed by atoms with Crippen LogP contribution < -0.4 is 5.32 Å². The second-order valence-electron chi connectivity index (χ2n) is 4.36. The number of aromatic nitrogens is 1. The summed E-state index contributed by atoms with van der Waals surface area (Å²) in [6.45, 7) is 3.47. The zero-order chi connectivity index (χ0) is 13.8. The van der Waals surface area contributed by atoms with Crippen molar-refractivity contribution in [2.45, 2.75) is 19.9 Å². The molecule has 1 amide bonds. The van der Waals surface area contributed by atoms with E-state index in [1.165, 1.54) is 6.92 Å². The predicted octanol–water partition coefficient (Wildman–Crippen LogP) is 3.60. The Bertz CT molecular complexity index is 598. The summed E-state index contributed by atoms with van der Waals surface area (Å²) in [7, 11) is 0. The summed E-state index contributed by atoms with van der Waals surface area (Å²) in [6, 6.07) is 9.70. The highest BCUT2D eigenvalue weighted by Crippen LogP contribution is 2.32. The Morgan fingerprint density at radius 3 is 2.68 bits per heavy atom. The number of benzene rings is 1. The maximum Gasteiger partial charge on any atom is 0.217 e. The Kier molecular flexibility index (Phi) is 4.17. The largest absolute Gasteiger partial charge is 0.350 e. The molecular weight excluding hydrogens is 260 g/mol. The molecule has 0 saturated heterocycles. The van der Waals surface area contributed by atoms with Crippen molar-refractivity contribution in [3.8, 4) is 11.1 Å². The lowest BCUT2D eigenvalue weighted by Crippen LogP contribution is -2.24. The molecule has 0 radical (unpaired) electrons. The van der Waals surface area contributed by atoms with Crippen LogP contribution in [0.5, 0.6) is 0 Å². The van der Waals surface area contributed by atoms with Gasteiger partial charge in [0.2, 0.25) is 5.91 Å². The molecule has 98 valence electrons. The van der Waals surface area contributed by atoms with E-state index in [0.29, 0.717) is 5.02 Å². The number of rotatable bonds is 3. The predicted molar refractivity (Wildman–Crippen MR) is 76.9 cm³/mol. The van der Waals surface area contributed by atoms with Gasteiger partial charge in [-0.05, 0) is 24.1 Å². The first kappa shape index (κ1) is 13.6. The third-order valence-corrected chi connectivity index (χ3v) is 3.21. The van der Waals surface area contributed by atoms with E-state index in [1.54, 1.807) is 12.4 Å². The van der Waals surface area contributed by atoms with E-state index in [0.717, 1.165) is 16.7 Å². The van der Waals surface area contributed by atoms with Gasteiger partial charge in [-0.15, -0.1) is 0 Å². The van der Waals surface area contributed by atoms with Gasteiger partial charge in [0.25, 0.3) is 0 Å². The minimum atomic E-state index is -0.0714. The fourth-order valence-corrected chi connectivity index (χ4v) is 2.32. The summed E-state index contributed by atoms with van der Waals surface area (Å²) in [5, 5.41) is 3.49. The van der Waals surface area contributed by atoms with Crippen molar-refractivity contribution in [1.82, 2.24) is 10.3 Å². The zero-order valence-electron chi connectivity index (χ0n) is 10.9. The molecule has 0 aliphatic rings. The van der Waals surface area contributed by atoms with Gasteiger partial charge in [0.05, 0.1) is 11.1 Å². The number of pyridine rings is 1. The van der Waals surface area contributed by atoms with E-state index in [4.69, 9.17) is 11.6 Å². The fraction of sp³-hybridized carbons (Fsp3) is 0.200. The monoisotopic (exact) mass is 274 g/mol. The molecule has 0 bridgehead atoms. The zero-order valence-corrected chi connectivity index (χ0v) is 11.6. The molecule has 2 aromatic rings. The maximum absolute atomic E-state index is 11.2. The van der Waals surface area contributed by atoms with Crippen LogP contribution in [0, 0.1) is 0 Å². The van der Waals surface area contributed by atoms with Crippen LogP contribution in [0.1, 0.15) is 25.5 Å². The quantitative estimate of drug-likeness (QED) is 0.929. The molecule has 1 N–H and O–H groups in total. The minimum Gasteiger partial charge on any atom is -0.350 e.